The molecule has 0 saturated heterocycles. The number of esters is 1. The van der Waals surface area contributed by atoms with Gasteiger partial charge in [-0.05, 0) is 41.2 Å². The van der Waals surface area contributed by atoms with Gasteiger partial charge in [0.1, 0.15) is 6.61 Å². The van der Waals surface area contributed by atoms with E-state index in [1.165, 1.54) is 0 Å². The molecule has 0 unspecified atom stereocenters. The number of hydrogen-bond donors (Lipinski definition) is 0. The molecule has 5 heteroatoms. The maximum Gasteiger partial charge on any atom is 0.339 e. The van der Waals surface area contributed by atoms with Crippen LogP contribution in [0.15, 0.2) is 28.7 Å². The van der Waals surface area contributed by atoms with Gasteiger partial charge < -0.3 is 9.64 Å². The molecular formula is C13H19BrClNO2. The van der Waals surface area contributed by atoms with E-state index in [0.29, 0.717) is 12.2 Å². The Kier molecular flexibility index (Phi) is 9.06. The van der Waals surface area contributed by atoms with Crippen LogP contribution < -0.4 is 0 Å². The summed E-state index contributed by atoms with van der Waals surface area (Å²) in [6.07, 6.45) is 0. The lowest BCUT2D eigenvalue weighted by molar-refractivity contribution is 0.0465. The molecule has 0 radical (unpaired) electrons. The van der Waals surface area contributed by atoms with Gasteiger partial charge in [-0.2, -0.15) is 0 Å². The van der Waals surface area contributed by atoms with E-state index in [1.54, 1.807) is 6.07 Å². The average Bonchev–Trinajstić information content (AvgIpc) is 2.35. The highest BCUT2D eigenvalue weighted by molar-refractivity contribution is 9.10. The summed E-state index contributed by atoms with van der Waals surface area (Å²) in [5, 5.41) is 0. The zero-order valence-corrected chi connectivity index (χ0v) is 13.1. The van der Waals surface area contributed by atoms with Gasteiger partial charge in [-0.3, -0.25) is 0 Å². The maximum absolute atomic E-state index is 11.8. The minimum absolute atomic E-state index is 0. The van der Waals surface area contributed by atoms with Crippen LogP contribution in [0.3, 0.4) is 0 Å². The predicted octanol–water partition coefficient (Wildman–Crippen LogP) is 3.37. The predicted molar refractivity (Wildman–Crippen MR) is 79.5 cm³/mol. The lowest BCUT2D eigenvalue weighted by Crippen LogP contribution is -2.27. The van der Waals surface area contributed by atoms with Crippen molar-refractivity contribution in [3.8, 4) is 0 Å². The van der Waals surface area contributed by atoms with Gasteiger partial charge in [0.15, 0.2) is 0 Å². The van der Waals surface area contributed by atoms with E-state index in [0.717, 1.165) is 24.1 Å². The number of rotatable bonds is 6. The van der Waals surface area contributed by atoms with Gasteiger partial charge in [-0.15, -0.1) is 12.4 Å². The van der Waals surface area contributed by atoms with Crippen LogP contribution in [-0.2, 0) is 4.74 Å². The van der Waals surface area contributed by atoms with E-state index < -0.39 is 0 Å². The summed E-state index contributed by atoms with van der Waals surface area (Å²) in [5.41, 5.74) is 0.576. The molecular weight excluding hydrogens is 318 g/mol. The summed E-state index contributed by atoms with van der Waals surface area (Å²) in [7, 11) is 0. The summed E-state index contributed by atoms with van der Waals surface area (Å²) in [5.74, 6) is -0.273. The molecule has 0 atom stereocenters. The van der Waals surface area contributed by atoms with E-state index in [2.05, 4.69) is 34.7 Å². The number of halogens is 2. The fourth-order valence-corrected chi connectivity index (χ4v) is 1.96. The Morgan fingerprint density at radius 3 is 2.44 bits per heavy atom. The highest BCUT2D eigenvalue weighted by Gasteiger charge is 2.10. The third-order valence-corrected chi connectivity index (χ3v) is 3.32. The number of benzene rings is 1. The number of carbonyl (C=O) groups is 1. The van der Waals surface area contributed by atoms with Crippen molar-refractivity contribution in [2.75, 3.05) is 26.2 Å². The fourth-order valence-electron chi connectivity index (χ4n) is 1.51. The Balaban J connectivity index is 0.00000289. The van der Waals surface area contributed by atoms with E-state index >= 15 is 0 Å². The lowest BCUT2D eigenvalue weighted by Gasteiger charge is -2.17. The zero-order valence-electron chi connectivity index (χ0n) is 10.7. The molecule has 1 aromatic carbocycles. The van der Waals surface area contributed by atoms with Gasteiger partial charge in [-0.1, -0.05) is 26.0 Å². The Morgan fingerprint density at radius 2 is 1.89 bits per heavy atom. The van der Waals surface area contributed by atoms with Gasteiger partial charge in [0, 0.05) is 11.0 Å². The normalized spacial score (nSPS) is 10.0. The van der Waals surface area contributed by atoms with Crippen molar-refractivity contribution in [1.29, 1.82) is 0 Å². The Labute approximate surface area is 123 Å². The minimum atomic E-state index is -0.273. The third kappa shape index (κ3) is 5.38. The van der Waals surface area contributed by atoms with Crippen molar-refractivity contribution in [3.05, 3.63) is 34.3 Å². The highest BCUT2D eigenvalue weighted by Crippen LogP contribution is 2.16. The molecule has 1 rings (SSSR count). The Hall–Kier alpha value is -0.580. The van der Waals surface area contributed by atoms with Crippen molar-refractivity contribution in [2.24, 2.45) is 0 Å². The summed E-state index contributed by atoms with van der Waals surface area (Å²) in [6, 6.07) is 7.29. The van der Waals surface area contributed by atoms with Crippen LogP contribution in [0.25, 0.3) is 0 Å². The molecule has 0 aliphatic rings. The molecule has 102 valence electrons. The quantitative estimate of drug-likeness (QED) is 0.746. The number of ether oxygens (including phenoxy) is 1. The maximum atomic E-state index is 11.8. The number of carbonyl (C=O) groups excluding carboxylic acids is 1. The van der Waals surface area contributed by atoms with E-state index in [-0.39, 0.29) is 18.4 Å². The standard InChI is InChI=1S/C13H18BrNO2.ClH/c1-3-15(4-2)9-10-17-13(16)11-7-5-6-8-12(11)14;/h5-8H,3-4,9-10H2,1-2H3;1H. The Morgan fingerprint density at radius 1 is 1.28 bits per heavy atom. The molecule has 0 aromatic heterocycles. The van der Waals surface area contributed by atoms with Crippen LogP contribution in [-0.4, -0.2) is 37.1 Å². The van der Waals surface area contributed by atoms with Crippen molar-refractivity contribution in [1.82, 2.24) is 4.90 Å². The molecule has 0 N–H and O–H groups in total. The van der Waals surface area contributed by atoms with Gasteiger partial charge in [0.05, 0.1) is 5.56 Å². The molecule has 0 spiro atoms. The molecule has 0 aliphatic heterocycles. The molecule has 18 heavy (non-hydrogen) atoms. The molecule has 0 amide bonds. The van der Waals surface area contributed by atoms with Gasteiger partial charge >= 0.3 is 5.97 Å². The Bertz CT molecular complexity index is 370. The summed E-state index contributed by atoms with van der Waals surface area (Å²) >= 11 is 3.33. The first-order valence-corrected chi connectivity index (χ1v) is 6.62. The highest BCUT2D eigenvalue weighted by atomic mass is 79.9. The number of likely N-dealkylation sites (N-methyl/N-ethyl adjacent to an activating group) is 1. The van der Waals surface area contributed by atoms with E-state index in [9.17, 15) is 4.79 Å². The largest absolute Gasteiger partial charge is 0.461 e. The number of nitrogens with zero attached hydrogens (tertiary/aromatic N) is 1. The molecule has 0 aliphatic carbocycles. The molecule has 0 fully saturated rings. The van der Waals surface area contributed by atoms with Crippen LogP contribution in [0, 0.1) is 0 Å². The lowest BCUT2D eigenvalue weighted by atomic mass is 10.2. The first-order chi connectivity index (χ1) is 8.19. The number of hydrogen-bond acceptors (Lipinski definition) is 3. The van der Waals surface area contributed by atoms with Crippen molar-refractivity contribution in [3.63, 3.8) is 0 Å². The van der Waals surface area contributed by atoms with Crippen LogP contribution in [0.2, 0.25) is 0 Å². The van der Waals surface area contributed by atoms with E-state index in [1.807, 2.05) is 18.2 Å². The first kappa shape index (κ1) is 17.4. The van der Waals surface area contributed by atoms with E-state index in [4.69, 9.17) is 4.74 Å². The zero-order chi connectivity index (χ0) is 12.7. The van der Waals surface area contributed by atoms with Crippen molar-refractivity contribution < 1.29 is 9.53 Å². The molecule has 0 heterocycles. The van der Waals surface area contributed by atoms with Gasteiger partial charge in [0.2, 0.25) is 0 Å². The second-order valence-electron chi connectivity index (χ2n) is 3.64. The summed E-state index contributed by atoms with van der Waals surface area (Å²) in [4.78, 5) is 14.0. The SMILES string of the molecule is CCN(CC)CCOC(=O)c1ccccc1Br.Cl. The summed E-state index contributed by atoms with van der Waals surface area (Å²) < 4.78 is 6.00. The molecule has 0 bridgehead atoms. The van der Waals surface area contributed by atoms with Crippen molar-refractivity contribution >= 4 is 34.3 Å². The van der Waals surface area contributed by atoms with Crippen LogP contribution in [0.5, 0.6) is 0 Å². The molecule has 0 saturated carbocycles. The van der Waals surface area contributed by atoms with Gasteiger partial charge in [-0.25, -0.2) is 4.79 Å². The first-order valence-electron chi connectivity index (χ1n) is 5.83. The molecule has 3 nitrogen and oxygen atoms in total. The second kappa shape index (κ2) is 9.36. The molecule has 1 aromatic rings. The average molecular weight is 337 g/mol. The topological polar surface area (TPSA) is 29.5 Å². The second-order valence-corrected chi connectivity index (χ2v) is 4.50. The monoisotopic (exact) mass is 335 g/mol. The van der Waals surface area contributed by atoms with Gasteiger partial charge in [0.25, 0.3) is 0 Å². The summed E-state index contributed by atoms with van der Waals surface area (Å²) in [6.45, 7) is 7.36. The van der Waals surface area contributed by atoms with Crippen molar-refractivity contribution in [2.45, 2.75) is 13.8 Å². The smallest absolute Gasteiger partial charge is 0.339 e. The fraction of sp³-hybridized carbons (Fsp3) is 0.462. The third-order valence-electron chi connectivity index (χ3n) is 2.63. The van der Waals surface area contributed by atoms with Crippen LogP contribution in [0.1, 0.15) is 24.2 Å². The minimum Gasteiger partial charge on any atom is -0.461 e. The van der Waals surface area contributed by atoms with Crippen LogP contribution in [0.4, 0.5) is 0 Å². The van der Waals surface area contributed by atoms with Crippen LogP contribution >= 0.6 is 28.3 Å².